The van der Waals surface area contributed by atoms with Crippen molar-refractivity contribution in [3.8, 4) is 0 Å². The van der Waals surface area contributed by atoms with Gasteiger partial charge in [-0.25, -0.2) is 9.59 Å². The Morgan fingerprint density at radius 1 is 1.32 bits per heavy atom. The number of primary amides is 1. The summed E-state index contributed by atoms with van der Waals surface area (Å²) in [5, 5.41) is 10.3. The van der Waals surface area contributed by atoms with Gasteiger partial charge in [0.05, 0.1) is 9.67 Å². The van der Waals surface area contributed by atoms with Crippen LogP contribution in [0.3, 0.4) is 0 Å². The van der Waals surface area contributed by atoms with Crippen LogP contribution in [-0.4, -0.2) is 56.6 Å². The molecule has 0 saturated carbocycles. The number of esters is 1. The summed E-state index contributed by atoms with van der Waals surface area (Å²) >= 11 is 1.25. The molecule has 1 aromatic carbocycles. The van der Waals surface area contributed by atoms with Crippen molar-refractivity contribution in [2.24, 2.45) is 11.5 Å². The highest BCUT2D eigenvalue weighted by atomic mass is 32.2. The van der Waals surface area contributed by atoms with Crippen molar-refractivity contribution in [1.82, 2.24) is 4.90 Å². The molecule has 150 valence electrons. The van der Waals surface area contributed by atoms with Crippen molar-refractivity contribution in [3.63, 3.8) is 0 Å². The number of carbonyl (C=O) groups excluding carboxylic acids is 3. The van der Waals surface area contributed by atoms with E-state index in [4.69, 9.17) is 20.9 Å². The lowest BCUT2D eigenvalue weighted by Crippen LogP contribution is -2.69. The maximum Gasteiger partial charge on any atom is 0.404 e. The van der Waals surface area contributed by atoms with Crippen LogP contribution in [0, 0.1) is 10.1 Å². The Balaban J connectivity index is 1.72. The Labute approximate surface area is 163 Å². The van der Waals surface area contributed by atoms with E-state index in [1.54, 1.807) is 6.92 Å². The molecule has 28 heavy (non-hydrogen) atoms. The van der Waals surface area contributed by atoms with Gasteiger partial charge in [-0.15, -0.1) is 11.8 Å². The van der Waals surface area contributed by atoms with Crippen LogP contribution in [0.5, 0.6) is 0 Å². The minimum Gasteiger partial charge on any atom is -0.459 e. The van der Waals surface area contributed by atoms with Crippen LogP contribution in [0.4, 0.5) is 10.5 Å². The van der Waals surface area contributed by atoms with Crippen LogP contribution < -0.4 is 11.5 Å². The summed E-state index contributed by atoms with van der Waals surface area (Å²) in [6, 6.07) is 3.79. The number of hydrogen-bond acceptors (Lipinski definition) is 9. The molecule has 0 aromatic heterocycles. The third-order valence-electron chi connectivity index (χ3n) is 4.62. The first kappa shape index (κ1) is 19.9. The quantitative estimate of drug-likeness (QED) is 0.286. The van der Waals surface area contributed by atoms with Gasteiger partial charge in [0.2, 0.25) is 5.91 Å². The molecule has 2 amide bonds. The molecule has 2 aliphatic heterocycles. The summed E-state index contributed by atoms with van der Waals surface area (Å²) in [6.07, 6.45) is -0.996. The topological polar surface area (TPSA) is 168 Å². The van der Waals surface area contributed by atoms with Crippen molar-refractivity contribution in [2.45, 2.75) is 35.7 Å². The molecule has 4 N–H and O–H groups in total. The summed E-state index contributed by atoms with van der Waals surface area (Å²) < 4.78 is 9.22. The molecule has 4 atom stereocenters. The first-order valence-corrected chi connectivity index (χ1v) is 9.10. The summed E-state index contributed by atoms with van der Waals surface area (Å²) in [5.74, 6) is -1.08. The van der Waals surface area contributed by atoms with Crippen LogP contribution in [0.1, 0.15) is 12.5 Å². The fraction of sp³-hybridized carbons (Fsp3) is 0.438. The van der Waals surface area contributed by atoms with Gasteiger partial charge in [-0.1, -0.05) is 0 Å². The Bertz CT molecular complexity index is 833. The highest BCUT2D eigenvalue weighted by Gasteiger charge is 2.65. The fourth-order valence-electron chi connectivity index (χ4n) is 3.19. The molecule has 11 nitrogen and oxygen atoms in total. The molecule has 3 rings (SSSR count). The van der Waals surface area contributed by atoms with Crippen molar-refractivity contribution in [3.05, 3.63) is 39.9 Å². The number of carbonyl (C=O) groups is 3. The van der Waals surface area contributed by atoms with E-state index in [9.17, 15) is 24.5 Å². The molecule has 0 spiro atoms. The standard InChI is InChI=1S/C16H18N4O7S/c1-16(7-27-15(18)23)11(19-12(21)10(17)13(19)28-16)14(22)26-6-8-2-4-9(5-3-8)20(24)25/h2-5,10-11,13H,6-7,17H2,1H3,(H2,18,23)/t10-,11+,13-,16+/m1/s1. The molecule has 0 unspecified atom stereocenters. The van der Waals surface area contributed by atoms with E-state index < -0.39 is 45.1 Å². The smallest absolute Gasteiger partial charge is 0.404 e. The Hall–Kier alpha value is -2.86. The second-order valence-electron chi connectivity index (χ2n) is 6.63. The van der Waals surface area contributed by atoms with Crippen LogP contribution in [0.25, 0.3) is 0 Å². The number of ether oxygens (including phenoxy) is 2. The van der Waals surface area contributed by atoms with E-state index >= 15 is 0 Å². The molecule has 2 fully saturated rings. The zero-order chi connectivity index (χ0) is 20.6. The number of thioether (sulfide) groups is 1. The lowest BCUT2D eigenvalue weighted by molar-refractivity contribution is -0.384. The van der Waals surface area contributed by atoms with E-state index in [-0.39, 0.29) is 18.9 Å². The lowest BCUT2D eigenvalue weighted by atomic mass is 9.95. The maximum absolute atomic E-state index is 12.7. The van der Waals surface area contributed by atoms with Gasteiger partial charge in [0, 0.05) is 12.1 Å². The van der Waals surface area contributed by atoms with Gasteiger partial charge >= 0.3 is 12.1 Å². The van der Waals surface area contributed by atoms with Gasteiger partial charge in [0.1, 0.15) is 30.7 Å². The van der Waals surface area contributed by atoms with Crippen LogP contribution in [0.15, 0.2) is 24.3 Å². The molecule has 0 aliphatic carbocycles. The van der Waals surface area contributed by atoms with Crippen LogP contribution >= 0.6 is 11.8 Å². The number of rotatable bonds is 6. The maximum atomic E-state index is 12.7. The number of nitrogens with two attached hydrogens (primary N) is 2. The van der Waals surface area contributed by atoms with Gasteiger partial charge in [-0.3, -0.25) is 14.9 Å². The summed E-state index contributed by atoms with van der Waals surface area (Å²) in [4.78, 5) is 47.4. The number of fused-ring (bicyclic) bond motifs is 1. The zero-order valence-corrected chi connectivity index (χ0v) is 15.6. The number of hydrogen-bond donors (Lipinski definition) is 2. The first-order chi connectivity index (χ1) is 13.1. The SMILES string of the molecule is C[C@@]1(COC(N)=O)S[C@@H]2[C@H](N)C(=O)N2[C@H]1C(=O)OCc1ccc([N+](=O)[O-])cc1. The average molecular weight is 410 g/mol. The Kier molecular flexibility index (Phi) is 5.17. The number of nitro groups is 1. The molecule has 2 saturated heterocycles. The van der Waals surface area contributed by atoms with E-state index in [1.807, 2.05) is 0 Å². The predicted molar refractivity (Wildman–Crippen MR) is 96.8 cm³/mol. The third-order valence-corrected chi connectivity index (χ3v) is 6.26. The molecule has 2 aliphatic rings. The summed E-state index contributed by atoms with van der Waals surface area (Å²) in [7, 11) is 0. The highest BCUT2D eigenvalue weighted by molar-refractivity contribution is 8.01. The highest BCUT2D eigenvalue weighted by Crippen LogP contribution is 2.51. The Morgan fingerprint density at radius 2 is 1.96 bits per heavy atom. The largest absolute Gasteiger partial charge is 0.459 e. The second-order valence-corrected chi connectivity index (χ2v) is 8.29. The van der Waals surface area contributed by atoms with E-state index in [1.165, 1.54) is 40.9 Å². The summed E-state index contributed by atoms with van der Waals surface area (Å²) in [6.45, 7) is 1.33. The number of nitrogens with zero attached hydrogens (tertiary/aromatic N) is 2. The predicted octanol–water partition coefficient (Wildman–Crippen LogP) is 0.103. The Morgan fingerprint density at radius 3 is 2.54 bits per heavy atom. The number of benzene rings is 1. The average Bonchev–Trinajstić information content (AvgIpc) is 2.95. The molecule has 12 heteroatoms. The number of non-ortho nitro benzene ring substituents is 1. The number of nitro benzene ring substituents is 1. The van der Waals surface area contributed by atoms with Gasteiger partial charge in [-0.2, -0.15) is 0 Å². The number of β-lactam (4-membered cyclic amide) rings is 1. The second kappa shape index (κ2) is 7.28. The van der Waals surface area contributed by atoms with E-state index in [0.29, 0.717) is 5.56 Å². The van der Waals surface area contributed by atoms with Gasteiger partial charge in [-0.05, 0) is 24.6 Å². The van der Waals surface area contributed by atoms with Gasteiger partial charge < -0.3 is 25.8 Å². The minimum absolute atomic E-state index is 0.0820. The van der Waals surface area contributed by atoms with Crippen LogP contribution in [-0.2, 0) is 25.7 Å². The molecule has 1 aromatic rings. The van der Waals surface area contributed by atoms with Gasteiger partial charge in [0.25, 0.3) is 5.69 Å². The summed E-state index contributed by atoms with van der Waals surface area (Å²) in [5.41, 5.74) is 11.3. The van der Waals surface area contributed by atoms with Crippen LogP contribution in [0.2, 0.25) is 0 Å². The van der Waals surface area contributed by atoms with E-state index in [2.05, 4.69) is 0 Å². The van der Waals surface area contributed by atoms with Crippen molar-refractivity contribution < 1.29 is 28.8 Å². The molecular formula is C16H18N4O7S. The third kappa shape index (κ3) is 3.47. The van der Waals surface area contributed by atoms with E-state index in [0.717, 1.165) is 0 Å². The van der Waals surface area contributed by atoms with Crippen molar-refractivity contribution >= 4 is 35.4 Å². The molecule has 0 radical (unpaired) electrons. The first-order valence-electron chi connectivity index (χ1n) is 8.22. The molecule has 0 bridgehead atoms. The monoisotopic (exact) mass is 410 g/mol. The minimum atomic E-state index is -1.01. The van der Waals surface area contributed by atoms with Crippen molar-refractivity contribution in [1.29, 1.82) is 0 Å². The van der Waals surface area contributed by atoms with Crippen molar-refractivity contribution in [2.75, 3.05) is 6.61 Å². The fourth-order valence-corrected chi connectivity index (χ4v) is 4.81. The zero-order valence-electron chi connectivity index (χ0n) is 14.8. The lowest BCUT2D eigenvalue weighted by Gasteiger charge is -2.42. The normalized spacial score (nSPS) is 28.3. The molecular weight excluding hydrogens is 392 g/mol. The molecule has 2 heterocycles. The van der Waals surface area contributed by atoms with Gasteiger partial charge in [0.15, 0.2) is 0 Å². The number of amides is 2.